The van der Waals surface area contributed by atoms with E-state index in [2.05, 4.69) is 11.6 Å². The first kappa shape index (κ1) is 26.0. The van der Waals surface area contributed by atoms with Crippen molar-refractivity contribution in [2.24, 2.45) is 0 Å². The molecule has 2 aromatic carbocycles. The highest BCUT2D eigenvalue weighted by Gasteiger charge is 2.48. The standard InChI is InChI=1S/C28H24N2O8S/c1-4-10-36-18-7-5-6-16(13-18)22-21(23(31)17-8-9-19-20(14-17)38-12-11-37-19)24(32)26(33)30(22)28-29-15(2)25(39-28)27(34)35-3/h4-9,13-14,22,31H,1,10-12H2,2-3H3/t22-/m0/s1. The summed E-state index contributed by atoms with van der Waals surface area (Å²) in [7, 11) is 1.25. The van der Waals surface area contributed by atoms with E-state index < -0.39 is 29.5 Å². The summed E-state index contributed by atoms with van der Waals surface area (Å²) in [4.78, 5) is 45.0. The number of nitrogens with zero attached hydrogens (tertiary/aromatic N) is 2. The zero-order valence-electron chi connectivity index (χ0n) is 21.1. The van der Waals surface area contributed by atoms with Gasteiger partial charge in [-0.3, -0.25) is 14.5 Å². The Labute approximate surface area is 227 Å². The van der Waals surface area contributed by atoms with Crippen LogP contribution in [-0.2, 0) is 14.3 Å². The van der Waals surface area contributed by atoms with Crippen LogP contribution in [0.5, 0.6) is 17.2 Å². The minimum atomic E-state index is -1.07. The smallest absolute Gasteiger partial charge is 0.350 e. The number of ether oxygens (including phenoxy) is 4. The number of carbonyl (C=O) groups excluding carboxylic acids is 3. The molecule has 0 spiro atoms. The van der Waals surface area contributed by atoms with Crippen LogP contribution in [0.3, 0.4) is 0 Å². The molecule has 1 N–H and O–H groups in total. The summed E-state index contributed by atoms with van der Waals surface area (Å²) in [6, 6.07) is 10.5. The summed E-state index contributed by atoms with van der Waals surface area (Å²) in [5.74, 6) is -1.41. The van der Waals surface area contributed by atoms with Crippen LogP contribution in [0, 0.1) is 6.92 Å². The first-order valence-electron chi connectivity index (χ1n) is 11.9. The van der Waals surface area contributed by atoms with Crippen molar-refractivity contribution in [1.82, 2.24) is 4.98 Å². The van der Waals surface area contributed by atoms with Gasteiger partial charge in [0, 0.05) is 5.56 Å². The lowest BCUT2D eigenvalue weighted by Gasteiger charge is -2.23. The molecule has 0 unspecified atom stereocenters. The van der Waals surface area contributed by atoms with E-state index in [1.165, 1.54) is 12.0 Å². The van der Waals surface area contributed by atoms with E-state index >= 15 is 0 Å². The molecule has 1 atom stereocenters. The molecular formula is C28H24N2O8S. The minimum absolute atomic E-state index is 0.110. The average molecular weight is 549 g/mol. The SMILES string of the molecule is C=CCOc1cccc([C@H]2C(=C(O)c3ccc4c(c3)OCCO4)C(=O)C(=O)N2c2nc(C)c(C(=O)OC)s2)c1. The molecule has 2 aliphatic heterocycles. The highest BCUT2D eigenvalue weighted by atomic mass is 32.1. The molecule has 1 fully saturated rings. The van der Waals surface area contributed by atoms with Crippen LogP contribution >= 0.6 is 11.3 Å². The number of fused-ring (bicyclic) bond motifs is 1. The summed E-state index contributed by atoms with van der Waals surface area (Å²) in [6.45, 7) is 6.24. The number of benzene rings is 2. The van der Waals surface area contributed by atoms with Crippen molar-refractivity contribution in [3.63, 3.8) is 0 Å². The molecule has 3 heterocycles. The number of Topliss-reactive ketones (excluding diaryl/α,β-unsaturated/α-hetero) is 1. The topological polar surface area (TPSA) is 124 Å². The van der Waals surface area contributed by atoms with Crippen molar-refractivity contribution >= 4 is 39.9 Å². The fourth-order valence-corrected chi connectivity index (χ4v) is 5.40. The lowest BCUT2D eigenvalue weighted by atomic mass is 9.95. The monoisotopic (exact) mass is 548 g/mol. The van der Waals surface area contributed by atoms with Gasteiger partial charge in [0.15, 0.2) is 16.6 Å². The summed E-state index contributed by atoms with van der Waals surface area (Å²) in [5.41, 5.74) is 0.955. The number of esters is 1. The number of aliphatic hydroxyl groups excluding tert-OH is 1. The third-order valence-corrected chi connectivity index (χ3v) is 7.30. The molecule has 0 aliphatic carbocycles. The molecule has 0 radical (unpaired) electrons. The molecule has 3 aromatic rings. The minimum Gasteiger partial charge on any atom is -0.507 e. The first-order valence-corrected chi connectivity index (χ1v) is 12.8. The van der Waals surface area contributed by atoms with Crippen molar-refractivity contribution in [2.45, 2.75) is 13.0 Å². The summed E-state index contributed by atoms with van der Waals surface area (Å²) >= 11 is 0.922. The van der Waals surface area contributed by atoms with E-state index in [1.807, 2.05) is 0 Å². The number of aryl methyl sites for hydroxylation is 1. The summed E-state index contributed by atoms with van der Waals surface area (Å²) < 4.78 is 21.7. The van der Waals surface area contributed by atoms with E-state index in [9.17, 15) is 19.5 Å². The molecule has 1 aromatic heterocycles. The summed E-state index contributed by atoms with van der Waals surface area (Å²) in [5, 5.41) is 11.6. The van der Waals surface area contributed by atoms with Crippen molar-refractivity contribution < 1.29 is 38.4 Å². The van der Waals surface area contributed by atoms with Crippen molar-refractivity contribution in [1.29, 1.82) is 0 Å². The fraction of sp³-hybridized carbons (Fsp3) is 0.214. The maximum atomic E-state index is 13.5. The van der Waals surface area contributed by atoms with Gasteiger partial charge >= 0.3 is 11.9 Å². The maximum Gasteiger partial charge on any atom is 0.350 e. The number of amides is 1. The van der Waals surface area contributed by atoms with E-state index in [4.69, 9.17) is 18.9 Å². The molecule has 2 aliphatic rings. The Hall–Kier alpha value is -4.64. The Bertz CT molecular complexity index is 1530. The number of aliphatic hydroxyl groups is 1. The van der Waals surface area contributed by atoms with Gasteiger partial charge in [0.05, 0.1) is 24.4 Å². The number of rotatable bonds is 7. The van der Waals surface area contributed by atoms with E-state index in [0.29, 0.717) is 41.7 Å². The Morgan fingerprint density at radius 2 is 1.97 bits per heavy atom. The molecule has 1 saturated heterocycles. The van der Waals surface area contributed by atoms with Gasteiger partial charge in [0.25, 0.3) is 5.78 Å². The number of hydrogen-bond acceptors (Lipinski definition) is 10. The van der Waals surface area contributed by atoms with Crippen LogP contribution in [0.2, 0.25) is 0 Å². The third kappa shape index (κ3) is 4.72. The second-order valence-corrected chi connectivity index (χ2v) is 9.58. The number of methoxy groups -OCH3 is 1. The highest BCUT2D eigenvalue weighted by molar-refractivity contribution is 7.17. The predicted molar refractivity (Wildman–Crippen MR) is 143 cm³/mol. The van der Waals surface area contributed by atoms with Crippen LogP contribution in [0.4, 0.5) is 5.13 Å². The van der Waals surface area contributed by atoms with Crippen LogP contribution in [0.1, 0.15) is 32.5 Å². The zero-order chi connectivity index (χ0) is 27.7. The normalized spacial score (nSPS) is 17.7. The fourth-order valence-electron chi connectivity index (χ4n) is 4.39. The molecule has 39 heavy (non-hydrogen) atoms. The molecule has 0 saturated carbocycles. The Morgan fingerprint density at radius 3 is 2.72 bits per heavy atom. The van der Waals surface area contributed by atoms with Crippen LogP contribution in [0.15, 0.2) is 60.7 Å². The Balaban J connectivity index is 1.68. The largest absolute Gasteiger partial charge is 0.507 e. The quantitative estimate of drug-likeness (QED) is 0.152. The predicted octanol–water partition coefficient (Wildman–Crippen LogP) is 4.20. The van der Waals surface area contributed by atoms with E-state index in [0.717, 1.165) is 11.3 Å². The van der Waals surface area contributed by atoms with Gasteiger partial charge < -0.3 is 24.1 Å². The average Bonchev–Trinajstić information content (AvgIpc) is 3.47. The van der Waals surface area contributed by atoms with E-state index in [-0.39, 0.29) is 27.8 Å². The van der Waals surface area contributed by atoms with E-state index in [1.54, 1.807) is 55.5 Å². The third-order valence-electron chi connectivity index (χ3n) is 6.16. The molecule has 11 heteroatoms. The van der Waals surface area contributed by atoms with Crippen molar-refractivity contribution in [2.75, 3.05) is 31.8 Å². The van der Waals surface area contributed by atoms with Crippen molar-refractivity contribution in [3.8, 4) is 17.2 Å². The van der Waals surface area contributed by atoms with Gasteiger partial charge in [0.1, 0.15) is 36.2 Å². The number of ketones is 1. The number of thiazole rings is 1. The van der Waals surface area contributed by atoms with Crippen LogP contribution in [-0.4, -0.2) is 54.7 Å². The van der Waals surface area contributed by atoms with Crippen LogP contribution in [0.25, 0.3) is 5.76 Å². The lowest BCUT2D eigenvalue weighted by Crippen LogP contribution is -2.29. The first-order chi connectivity index (χ1) is 18.8. The van der Waals surface area contributed by atoms with Gasteiger partial charge in [0.2, 0.25) is 0 Å². The van der Waals surface area contributed by atoms with Crippen molar-refractivity contribution in [3.05, 3.63) is 82.4 Å². The maximum absolute atomic E-state index is 13.5. The summed E-state index contributed by atoms with van der Waals surface area (Å²) in [6.07, 6.45) is 1.59. The highest BCUT2D eigenvalue weighted by Crippen LogP contribution is 2.45. The molecule has 5 rings (SSSR count). The molecule has 10 nitrogen and oxygen atoms in total. The van der Waals surface area contributed by atoms with Crippen LogP contribution < -0.4 is 19.1 Å². The zero-order valence-corrected chi connectivity index (χ0v) is 21.9. The lowest BCUT2D eigenvalue weighted by molar-refractivity contribution is -0.132. The van der Waals surface area contributed by atoms with Gasteiger partial charge in [-0.25, -0.2) is 9.78 Å². The number of hydrogen-bond donors (Lipinski definition) is 1. The molecule has 200 valence electrons. The second-order valence-electron chi connectivity index (χ2n) is 8.60. The number of aromatic nitrogens is 1. The van der Waals surface area contributed by atoms with Gasteiger partial charge in [-0.1, -0.05) is 36.1 Å². The Morgan fingerprint density at radius 1 is 1.21 bits per heavy atom. The number of carbonyl (C=O) groups is 3. The second kappa shape index (κ2) is 10.6. The Kier molecular flexibility index (Phi) is 7.07. The van der Waals surface area contributed by atoms with Gasteiger partial charge in [-0.2, -0.15) is 0 Å². The number of anilines is 1. The van der Waals surface area contributed by atoms with Gasteiger partial charge in [-0.15, -0.1) is 0 Å². The molecule has 0 bridgehead atoms. The van der Waals surface area contributed by atoms with Gasteiger partial charge in [-0.05, 0) is 42.8 Å². The molecular weight excluding hydrogens is 524 g/mol. The molecule has 1 amide bonds.